The number of fused-ring (bicyclic) bond motifs is 2. The van der Waals surface area contributed by atoms with Crippen molar-refractivity contribution in [2.45, 2.75) is 68.2 Å². The first kappa shape index (κ1) is 75.2. The molecule has 2 amide bonds. The second kappa shape index (κ2) is 39.4. The third-order valence-electron chi connectivity index (χ3n) is 9.24. The van der Waals surface area contributed by atoms with Crippen LogP contribution in [0.25, 0.3) is 21.8 Å². The number of aromatic hydroxyl groups is 2. The molecular formula is C53H63ClN9NaO16. The minimum absolute atomic E-state index is 0. The predicted octanol–water partition coefficient (Wildman–Crippen LogP) is 5.45. The van der Waals surface area contributed by atoms with Crippen LogP contribution in [0.3, 0.4) is 0 Å². The number of nitrogens with two attached hydrogens (primary N) is 2. The second-order valence-corrected chi connectivity index (χ2v) is 16.3. The third kappa shape index (κ3) is 30.7. The number of pyridine rings is 2. The van der Waals surface area contributed by atoms with E-state index in [0.29, 0.717) is 27.8 Å². The zero-order valence-corrected chi connectivity index (χ0v) is 46.7. The van der Waals surface area contributed by atoms with E-state index in [-0.39, 0.29) is 72.2 Å². The van der Waals surface area contributed by atoms with Gasteiger partial charge in [-0.1, -0.05) is 89.0 Å². The minimum atomic E-state index is -1.13. The molecule has 0 fully saturated rings. The normalized spacial score (nSPS) is 9.19. The van der Waals surface area contributed by atoms with Crippen molar-refractivity contribution in [3.8, 4) is 11.5 Å². The summed E-state index contributed by atoms with van der Waals surface area (Å²) in [6.07, 6.45) is -1.35. The van der Waals surface area contributed by atoms with E-state index < -0.39 is 69.7 Å². The van der Waals surface area contributed by atoms with Crippen LogP contribution in [0.4, 0.5) is 22.7 Å². The number of hydrogen-bond donors (Lipinski definition) is 11. The molecule has 0 saturated heterocycles. The summed E-state index contributed by atoms with van der Waals surface area (Å²) >= 11 is 4.87. The molecular weight excluding hydrogens is 1080 g/mol. The number of carboxylic acids is 2. The Morgan fingerprint density at radius 1 is 0.675 bits per heavy atom. The maximum atomic E-state index is 11.3. The fraction of sp³-hybridized carbons (Fsp3) is 0.208. The first-order chi connectivity index (χ1) is 36.2. The molecule has 80 heavy (non-hydrogen) atoms. The Bertz CT molecular complexity index is 3170. The number of aryl methyl sites for hydroxylation is 5. The summed E-state index contributed by atoms with van der Waals surface area (Å²) in [6.45, 7) is 11.6. The summed E-state index contributed by atoms with van der Waals surface area (Å²) in [5.41, 5.74) is 17.4. The van der Waals surface area contributed by atoms with Gasteiger partial charge in [0.25, 0.3) is 5.56 Å². The molecule has 14 N–H and O–H groups in total. The fourth-order valence-corrected chi connectivity index (χ4v) is 5.86. The molecule has 5 aromatic carbocycles. The van der Waals surface area contributed by atoms with E-state index in [2.05, 4.69) is 36.4 Å². The topological polar surface area (TPSA) is 444 Å². The number of nitrogen functional groups attached to an aromatic ring is 1. The number of nitro groups is 1. The molecule has 0 spiro atoms. The fourth-order valence-electron chi connectivity index (χ4n) is 5.75. The maximum Gasteiger partial charge on any atom is 1.00 e. The van der Waals surface area contributed by atoms with Crippen LogP contribution in [0.2, 0.25) is 0 Å². The number of hydrogen-bond acceptors (Lipinski definition) is 17. The molecule has 0 bridgehead atoms. The van der Waals surface area contributed by atoms with E-state index in [9.17, 15) is 58.7 Å². The van der Waals surface area contributed by atoms with Crippen molar-refractivity contribution in [1.82, 2.24) is 9.97 Å². The van der Waals surface area contributed by atoms with Crippen molar-refractivity contribution in [3.63, 3.8) is 0 Å². The molecule has 25 nitrogen and oxygen atoms in total. The van der Waals surface area contributed by atoms with Crippen LogP contribution < -0.4 is 62.9 Å². The summed E-state index contributed by atoms with van der Waals surface area (Å²) < 4.78 is 4.41. The number of aromatic amines is 2. The Labute approximate surface area is 485 Å². The monoisotopic (exact) mass is 1140 g/mol. The Balaban J connectivity index is -0.000000884. The van der Waals surface area contributed by atoms with Crippen LogP contribution in [-0.2, 0) is 33.5 Å². The van der Waals surface area contributed by atoms with Crippen LogP contribution in [0.15, 0.2) is 130 Å². The number of carboxylic acid groups (broad SMARTS) is 2. The van der Waals surface area contributed by atoms with Gasteiger partial charge in [-0.25, -0.2) is 0 Å². The molecule has 0 atom stereocenters. The number of H-pyrrole nitrogens is 2. The Morgan fingerprint density at radius 2 is 1.05 bits per heavy atom. The average molecular weight is 1140 g/mol. The number of carbonyl (C=O) groups excluding carboxylic acids is 4. The summed E-state index contributed by atoms with van der Waals surface area (Å²) in [6, 6.07) is 33.7. The number of carbonyl (C=O) groups is 6. The number of esters is 1. The van der Waals surface area contributed by atoms with Gasteiger partial charge in [-0.15, -0.1) is 0 Å². The smallest absolute Gasteiger partial charge is 0.870 e. The number of halogens is 1. The van der Waals surface area contributed by atoms with Gasteiger partial charge in [0.05, 0.1) is 22.6 Å². The van der Waals surface area contributed by atoms with Gasteiger partial charge < -0.3 is 62.8 Å². The van der Waals surface area contributed by atoms with E-state index in [4.69, 9.17) is 33.1 Å². The van der Waals surface area contributed by atoms with Crippen LogP contribution in [-0.4, -0.2) is 82.4 Å². The van der Waals surface area contributed by atoms with Gasteiger partial charge in [0.15, 0.2) is 0 Å². The molecule has 7 rings (SSSR count). The number of aliphatic carboxylic acids is 2. The van der Waals surface area contributed by atoms with Crippen molar-refractivity contribution in [1.29, 1.82) is 5.53 Å². The standard InChI is InChI=1S/C10H8N2O4.2C10H11NO3.C10H9NO2.C7H9N.C5H7ClO3.CH4.H3N3.Na.H2O/c1-5-2-3-7-6(4-5)9(13)8(12(15)16)10(14)11-7;2*1-7-2-4-8(5-3-7)11-9(12)6-10(13)14;1-6-2-3-8-7(4-6)9(12)5-10(13)11-8;1-6-2-4-7(8)5-3-6;1-2-9-5(8)3-4(6)7;;1-3-2;;/h2-4H,1H3,(H2,11,13,14);2*2-5H,6H2,1H3,(H,11,12)(H,13,14);2-5H,1H3,(H2,11,12,13);2-5H,8H2,1H3;2-3H2,1H3;1H4;(H3,1,2);;1H2/q;;;;;;;;+1;/p-1. The van der Waals surface area contributed by atoms with Crippen molar-refractivity contribution in [2.75, 3.05) is 23.0 Å². The Morgan fingerprint density at radius 3 is 1.41 bits per heavy atom. The molecule has 424 valence electrons. The van der Waals surface area contributed by atoms with Gasteiger partial charge in [-0.05, 0) is 114 Å². The number of anilines is 3. The molecule has 0 radical (unpaired) electrons. The molecule has 7 aromatic rings. The first-order valence-electron chi connectivity index (χ1n) is 22.4. The summed E-state index contributed by atoms with van der Waals surface area (Å²) in [4.78, 5) is 99.7. The molecule has 27 heteroatoms. The van der Waals surface area contributed by atoms with Gasteiger partial charge in [0.1, 0.15) is 25.0 Å². The number of nitrogens with zero attached hydrogens (tertiary/aromatic N) is 2. The van der Waals surface area contributed by atoms with Gasteiger partial charge in [0.2, 0.25) is 22.8 Å². The van der Waals surface area contributed by atoms with Gasteiger partial charge in [0, 0.05) is 33.9 Å². The van der Waals surface area contributed by atoms with Gasteiger partial charge in [-0.2, -0.15) is 5.53 Å². The van der Waals surface area contributed by atoms with E-state index in [1.807, 2.05) is 88.4 Å². The zero-order chi connectivity index (χ0) is 58.4. The van der Waals surface area contributed by atoms with Crippen LogP contribution in [0, 0.1) is 50.3 Å². The van der Waals surface area contributed by atoms with Crippen molar-refractivity contribution in [2.24, 2.45) is 11.1 Å². The SMILES string of the molecule is C.CCOC(=O)CC(=O)Cl.Cc1ccc(N)cc1.Cc1ccc(NC(=O)CC(=O)O)cc1.Cc1ccc(NC(=O)CC(=O)O)cc1.Cc1ccc2[nH]c(=O)c([N+](=O)[O-])c(O)c2c1.Cc1ccc2[nH]c(=O)cc(O)c2c1.N=NN.[Na+].[OH-]. The van der Waals surface area contributed by atoms with Crippen LogP contribution in [0.1, 0.15) is 61.4 Å². The molecule has 0 aliphatic heterocycles. The van der Waals surface area contributed by atoms with Crippen LogP contribution in [0.5, 0.6) is 11.5 Å². The van der Waals surface area contributed by atoms with Crippen molar-refractivity contribution < 1.29 is 93.9 Å². The molecule has 2 aromatic heterocycles. The Hall–Kier alpha value is -9.01. The predicted molar refractivity (Wildman–Crippen MR) is 298 cm³/mol. The molecule has 0 unspecified atom stereocenters. The largest absolute Gasteiger partial charge is 1.00 e. The number of rotatable bonds is 10. The van der Waals surface area contributed by atoms with E-state index in [0.717, 1.165) is 27.9 Å². The average Bonchev–Trinajstić information content (AvgIpc) is 3.32. The molecule has 2 heterocycles. The summed E-state index contributed by atoms with van der Waals surface area (Å²) in [7, 11) is 0. The number of nitrogens with one attached hydrogen (secondary N) is 5. The van der Waals surface area contributed by atoms with E-state index >= 15 is 0 Å². The quantitative estimate of drug-likeness (QED) is 0.00933. The van der Waals surface area contributed by atoms with E-state index in [1.54, 1.807) is 62.4 Å². The summed E-state index contributed by atoms with van der Waals surface area (Å²) in [5, 5.41) is 53.9. The van der Waals surface area contributed by atoms with Gasteiger partial charge >= 0.3 is 58.7 Å². The third-order valence-corrected chi connectivity index (χ3v) is 9.37. The molecule has 0 saturated carbocycles. The second-order valence-electron chi connectivity index (χ2n) is 15.9. The maximum absolute atomic E-state index is 11.3. The molecule has 0 aliphatic carbocycles. The van der Waals surface area contributed by atoms with Crippen molar-refractivity contribution in [3.05, 3.63) is 174 Å². The van der Waals surface area contributed by atoms with Crippen molar-refractivity contribution >= 4 is 91.1 Å². The van der Waals surface area contributed by atoms with Crippen LogP contribution >= 0.6 is 11.6 Å². The minimum Gasteiger partial charge on any atom is -0.870 e. The molecule has 0 aliphatic rings. The summed E-state index contributed by atoms with van der Waals surface area (Å²) in [5.74, 6) is -0.278. The number of amides is 2. The van der Waals surface area contributed by atoms with Gasteiger partial charge in [-0.3, -0.25) is 48.5 Å². The number of ether oxygens (including phenoxy) is 1. The Kier molecular flexibility index (Phi) is 37.0. The zero-order valence-electron chi connectivity index (χ0n) is 44.0. The number of benzene rings is 5. The number of aromatic nitrogens is 2. The van der Waals surface area contributed by atoms with E-state index in [1.165, 1.54) is 11.6 Å². The first-order valence-corrected chi connectivity index (χ1v) is 22.8.